The Labute approximate surface area is 126 Å². The first kappa shape index (κ1) is 15.4. The minimum Gasteiger partial charge on any atom is -0.497 e. The number of para-hydroxylation sites is 1. The van der Waals surface area contributed by atoms with Crippen molar-refractivity contribution < 1.29 is 9.47 Å². The van der Waals surface area contributed by atoms with Crippen LogP contribution in [0.25, 0.3) is 0 Å². The van der Waals surface area contributed by atoms with Crippen molar-refractivity contribution in [3.8, 4) is 11.5 Å². The van der Waals surface area contributed by atoms with Gasteiger partial charge in [0, 0.05) is 18.2 Å². The molecule has 1 N–H and O–H groups in total. The standard InChI is InChI=1S/C18H23NO2/c1-4-17(14-9-11-16(20-2)12-10-14)19-13-15-7-5-6-8-18(15)21-3/h5-12,17,19H,4,13H2,1-3H3. The lowest BCUT2D eigenvalue weighted by Crippen LogP contribution is -2.20. The van der Waals surface area contributed by atoms with Crippen LogP contribution in [0, 0.1) is 0 Å². The highest BCUT2D eigenvalue weighted by atomic mass is 16.5. The molecular formula is C18H23NO2. The highest BCUT2D eigenvalue weighted by Crippen LogP contribution is 2.22. The number of rotatable bonds is 7. The van der Waals surface area contributed by atoms with Crippen LogP contribution >= 0.6 is 0 Å². The van der Waals surface area contributed by atoms with Gasteiger partial charge in [-0.3, -0.25) is 0 Å². The highest BCUT2D eigenvalue weighted by Gasteiger charge is 2.10. The summed E-state index contributed by atoms with van der Waals surface area (Å²) in [6, 6.07) is 16.7. The molecule has 3 nitrogen and oxygen atoms in total. The van der Waals surface area contributed by atoms with Gasteiger partial charge in [0.2, 0.25) is 0 Å². The van der Waals surface area contributed by atoms with E-state index in [0.29, 0.717) is 6.04 Å². The van der Waals surface area contributed by atoms with E-state index in [0.717, 1.165) is 24.5 Å². The number of hydrogen-bond acceptors (Lipinski definition) is 3. The van der Waals surface area contributed by atoms with Crippen molar-refractivity contribution in [2.45, 2.75) is 25.9 Å². The average Bonchev–Trinajstić information content (AvgIpc) is 2.56. The number of nitrogens with one attached hydrogen (secondary N) is 1. The molecule has 0 fully saturated rings. The molecule has 0 aliphatic rings. The molecule has 0 bridgehead atoms. The summed E-state index contributed by atoms with van der Waals surface area (Å²) in [5.41, 5.74) is 2.44. The van der Waals surface area contributed by atoms with E-state index in [1.807, 2.05) is 30.3 Å². The molecule has 0 amide bonds. The van der Waals surface area contributed by atoms with Gasteiger partial charge in [-0.05, 0) is 30.2 Å². The predicted molar refractivity (Wildman–Crippen MR) is 85.9 cm³/mol. The number of benzene rings is 2. The molecular weight excluding hydrogens is 262 g/mol. The van der Waals surface area contributed by atoms with Crippen molar-refractivity contribution in [1.82, 2.24) is 5.32 Å². The topological polar surface area (TPSA) is 30.5 Å². The Morgan fingerprint density at radius 1 is 0.952 bits per heavy atom. The summed E-state index contributed by atoms with van der Waals surface area (Å²) in [7, 11) is 3.39. The van der Waals surface area contributed by atoms with Gasteiger partial charge in [-0.25, -0.2) is 0 Å². The zero-order chi connectivity index (χ0) is 15.1. The van der Waals surface area contributed by atoms with Crippen molar-refractivity contribution in [2.24, 2.45) is 0 Å². The summed E-state index contributed by atoms with van der Waals surface area (Å²) in [5.74, 6) is 1.81. The van der Waals surface area contributed by atoms with Crippen molar-refractivity contribution >= 4 is 0 Å². The summed E-state index contributed by atoms with van der Waals surface area (Å²) >= 11 is 0. The molecule has 0 saturated heterocycles. The second kappa shape index (κ2) is 7.70. The van der Waals surface area contributed by atoms with Gasteiger partial charge in [0.25, 0.3) is 0 Å². The predicted octanol–water partition coefficient (Wildman–Crippen LogP) is 3.94. The fourth-order valence-corrected chi connectivity index (χ4v) is 2.42. The second-order valence-electron chi connectivity index (χ2n) is 4.93. The maximum atomic E-state index is 5.39. The molecule has 2 aromatic rings. The van der Waals surface area contributed by atoms with E-state index in [9.17, 15) is 0 Å². The third kappa shape index (κ3) is 3.99. The van der Waals surface area contributed by atoms with Crippen molar-refractivity contribution in [3.63, 3.8) is 0 Å². The molecule has 0 spiro atoms. The maximum absolute atomic E-state index is 5.39. The zero-order valence-corrected chi connectivity index (χ0v) is 12.9. The van der Waals surface area contributed by atoms with Crippen molar-refractivity contribution in [3.05, 3.63) is 59.7 Å². The third-order valence-corrected chi connectivity index (χ3v) is 3.66. The Morgan fingerprint density at radius 3 is 2.29 bits per heavy atom. The molecule has 0 heterocycles. The van der Waals surface area contributed by atoms with Gasteiger partial charge in [-0.2, -0.15) is 0 Å². The fourth-order valence-electron chi connectivity index (χ4n) is 2.42. The van der Waals surface area contributed by atoms with Gasteiger partial charge in [0.1, 0.15) is 11.5 Å². The summed E-state index contributed by atoms with van der Waals surface area (Å²) in [4.78, 5) is 0. The quantitative estimate of drug-likeness (QED) is 0.835. The van der Waals surface area contributed by atoms with Crippen molar-refractivity contribution in [1.29, 1.82) is 0 Å². The largest absolute Gasteiger partial charge is 0.497 e. The van der Waals surface area contributed by atoms with Crippen LogP contribution in [0.3, 0.4) is 0 Å². The van der Waals surface area contributed by atoms with Crippen molar-refractivity contribution in [2.75, 3.05) is 14.2 Å². The molecule has 0 aromatic heterocycles. The first-order chi connectivity index (χ1) is 10.3. The SMILES string of the molecule is CCC(NCc1ccccc1OC)c1ccc(OC)cc1. The lowest BCUT2D eigenvalue weighted by Gasteiger charge is -2.19. The van der Waals surface area contributed by atoms with Gasteiger partial charge in [-0.15, -0.1) is 0 Å². The van der Waals surface area contributed by atoms with Gasteiger partial charge >= 0.3 is 0 Å². The van der Waals surface area contributed by atoms with Gasteiger partial charge in [0.05, 0.1) is 14.2 Å². The lowest BCUT2D eigenvalue weighted by atomic mass is 10.0. The van der Waals surface area contributed by atoms with Gasteiger partial charge < -0.3 is 14.8 Å². The van der Waals surface area contributed by atoms with Gasteiger partial charge in [-0.1, -0.05) is 37.3 Å². The second-order valence-corrected chi connectivity index (χ2v) is 4.93. The molecule has 0 aliphatic heterocycles. The van der Waals surface area contributed by atoms with E-state index in [2.05, 4.69) is 30.4 Å². The summed E-state index contributed by atoms with van der Waals surface area (Å²) < 4.78 is 10.6. The van der Waals surface area contributed by atoms with Crippen LogP contribution in [-0.2, 0) is 6.54 Å². The Kier molecular flexibility index (Phi) is 5.64. The van der Waals surface area contributed by atoms with E-state index in [-0.39, 0.29) is 0 Å². The van der Waals surface area contributed by atoms with Gasteiger partial charge in [0.15, 0.2) is 0 Å². The Balaban J connectivity index is 2.04. The fraction of sp³-hybridized carbons (Fsp3) is 0.333. The Morgan fingerprint density at radius 2 is 1.67 bits per heavy atom. The highest BCUT2D eigenvalue weighted by molar-refractivity contribution is 5.33. The maximum Gasteiger partial charge on any atom is 0.123 e. The molecule has 2 aromatic carbocycles. The Bertz CT molecular complexity index is 551. The zero-order valence-electron chi connectivity index (χ0n) is 12.9. The molecule has 0 aliphatic carbocycles. The first-order valence-electron chi connectivity index (χ1n) is 7.27. The van der Waals surface area contributed by atoms with Crippen LogP contribution in [-0.4, -0.2) is 14.2 Å². The van der Waals surface area contributed by atoms with E-state index in [1.54, 1.807) is 14.2 Å². The number of ether oxygens (including phenoxy) is 2. The summed E-state index contributed by atoms with van der Waals surface area (Å²) in [6.45, 7) is 2.97. The summed E-state index contributed by atoms with van der Waals surface area (Å²) in [5, 5.41) is 3.59. The van der Waals surface area contributed by atoms with Crippen LogP contribution in [0.1, 0.15) is 30.5 Å². The van der Waals surface area contributed by atoms with Crippen LogP contribution in [0.15, 0.2) is 48.5 Å². The minimum atomic E-state index is 0.320. The Hall–Kier alpha value is -2.00. The average molecular weight is 285 g/mol. The van der Waals surface area contributed by atoms with E-state index in [4.69, 9.17) is 9.47 Å². The van der Waals surface area contributed by atoms with Crippen LogP contribution in [0.2, 0.25) is 0 Å². The van der Waals surface area contributed by atoms with Crippen LogP contribution in [0.4, 0.5) is 0 Å². The molecule has 2 rings (SSSR count). The summed E-state index contributed by atoms with van der Waals surface area (Å²) in [6.07, 6.45) is 1.03. The molecule has 1 atom stereocenters. The minimum absolute atomic E-state index is 0.320. The molecule has 21 heavy (non-hydrogen) atoms. The molecule has 112 valence electrons. The van der Waals surface area contributed by atoms with Crippen LogP contribution in [0.5, 0.6) is 11.5 Å². The monoisotopic (exact) mass is 285 g/mol. The smallest absolute Gasteiger partial charge is 0.123 e. The van der Waals surface area contributed by atoms with E-state index >= 15 is 0 Å². The third-order valence-electron chi connectivity index (χ3n) is 3.66. The first-order valence-corrected chi connectivity index (χ1v) is 7.27. The van der Waals surface area contributed by atoms with E-state index < -0.39 is 0 Å². The normalized spacial score (nSPS) is 12.0. The molecule has 0 saturated carbocycles. The molecule has 0 radical (unpaired) electrons. The van der Waals surface area contributed by atoms with Crippen LogP contribution < -0.4 is 14.8 Å². The molecule has 3 heteroatoms. The molecule has 1 unspecified atom stereocenters. The lowest BCUT2D eigenvalue weighted by molar-refractivity contribution is 0.404. The van der Waals surface area contributed by atoms with E-state index in [1.165, 1.54) is 11.1 Å². The number of methoxy groups -OCH3 is 2. The number of hydrogen-bond donors (Lipinski definition) is 1.